The molecule has 24 heavy (non-hydrogen) atoms. The van der Waals surface area contributed by atoms with Gasteiger partial charge in [-0.3, -0.25) is 0 Å². The van der Waals surface area contributed by atoms with Gasteiger partial charge in [-0.1, -0.05) is 23.9 Å². The Morgan fingerprint density at radius 1 is 1.33 bits per heavy atom. The van der Waals surface area contributed by atoms with E-state index in [0.29, 0.717) is 0 Å². The van der Waals surface area contributed by atoms with Crippen LogP contribution in [0.2, 0.25) is 0 Å². The predicted octanol–water partition coefficient (Wildman–Crippen LogP) is 3.53. The fourth-order valence-corrected chi connectivity index (χ4v) is 5.57. The summed E-state index contributed by atoms with van der Waals surface area (Å²) in [6.45, 7) is 6.02. The first-order valence-corrected chi connectivity index (χ1v) is 9.82. The molecule has 6 nitrogen and oxygen atoms in total. The van der Waals surface area contributed by atoms with Crippen molar-refractivity contribution in [2.24, 2.45) is 0 Å². The molecule has 0 fully saturated rings. The molecule has 4 heterocycles. The van der Waals surface area contributed by atoms with Crippen LogP contribution in [0.1, 0.15) is 30.2 Å². The van der Waals surface area contributed by atoms with Gasteiger partial charge in [-0.2, -0.15) is 9.61 Å². The van der Waals surface area contributed by atoms with Crippen LogP contribution in [0, 0.1) is 0 Å². The van der Waals surface area contributed by atoms with Gasteiger partial charge >= 0.3 is 0 Å². The highest BCUT2D eigenvalue weighted by Crippen LogP contribution is 2.39. The molecular formula is C16H16N6S2. The zero-order chi connectivity index (χ0) is 16.3. The standard InChI is InChI=1S/C16H16N6S2/c1-9(2)7-23-16-20-19-15-21(16)14-12(13-17-8-18-22(13)15)10-5-3-4-6-11(10)24-14/h8H,1,3-7H2,2H3. The minimum atomic E-state index is 0.734. The molecule has 0 atom stereocenters. The average Bonchev–Trinajstić information content (AvgIpc) is 3.27. The molecule has 0 bridgehead atoms. The van der Waals surface area contributed by atoms with Crippen molar-refractivity contribution in [1.82, 2.24) is 29.2 Å². The molecule has 0 unspecified atom stereocenters. The normalized spacial score (nSPS) is 14.7. The molecule has 0 saturated heterocycles. The molecule has 0 spiro atoms. The lowest BCUT2D eigenvalue weighted by Gasteiger charge is -2.10. The molecule has 5 rings (SSSR count). The number of thiophene rings is 1. The first kappa shape index (κ1) is 14.4. The zero-order valence-electron chi connectivity index (χ0n) is 13.3. The van der Waals surface area contributed by atoms with Gasteiger partial charge in [0.25, 0.3) is 5.78 Å². The Kier molecular flexibility index (Phi) is 3.18. The van der Waals surface area contributed by atoms with Gasteiger partial charge in [0.15, 0.2) is 10.8 Å². The largest absolute Gasteiger partial charge is 0.260 e. The van der Waals surface area contributed by atoms with E-state index < -0.39 is 0 Å². The lowest BCUT2D eigenvalue weighted by atomic mass is 9.97. The van der Waals surface area contributed by atoms with Gasteiger partial charge in [-0.15, -0.1) is 21.5 Å². The van der Waals surface area contributed by atoms with E-state index in [9.17, 15) is 0 Å². The maximum atomic E-state index is 4.52. The lowest BCUT2D eigenvalue weighted by Crippen LogP contribution is -2.01. The number of hydrogen-bond donors (Lipinski definition) is 0. The van der Waals surface area contributed by atoms with E-state index in [-0.39, 0.29) is 0 Å². The highest BCUT2D eigenvalue weighted by atomic mass is 32.2. The second kappa shape index (κ2) is 5.29. The van der Waals surface area contributed by atoms with E-state index in [4.69, 9.17) is 0 Å². The number of aryl methyl sites for hydroxylation is 2. The quantitative estimate of drug-likeness (QED) is 0.415. The van der Waals surface area contributed by atoms with Crippen molar-refractivity contribution >= 4 is 44.7 Å². The van der Waals surface area contributed by atoms with Crippen LogP contribution in [0.15, 0.2) is 23.6 Å². The predicted molar refractivity (Wildman–Crippen MR) is 97.1 cm³/mol. The summed E-state index contributed by atoms with van der Waals surface area (Å²) in [5, 5.41) is 15.3. The first-order valence-electron chi connectivity index (χ1n) is 8.02. The van der Waals surface area contributed by atoms with Crippen molar-refractivity contribution < 1.29 is 0 Å². The van der Waals surface area contributed by atoms with E-state index in [2.05, 4.69) is 31.3 Å². The minimum Gasteiger partial charge on any atom is -0.244 e. The Morgan fingerprint density at radius 3 is 3.08 bits per heavy atom. The molecular weight excluding hydrogens is 340 g/mol. The van der Waals surface area contributed by atoms with Gasteiger partial charge in [0.2, 0.25) is 0 Å². The van der Waals surface area contributed by atoms with Crippen LogP contribution >= 0.6 is 23.1 Å². The Balaban J connectivity index is 1.89. The summed E-state index contributed by atoms with van der Waals surface area (Å²) in [7, 11) is 0. The fraction of sp³-hybridized carbons (Fsp3) is 0.375. The van der Waals surface area contributed by atoms with Crippen molar-refractivity contribution in [2.45, 2.75) is 37.8 Å². The number of hydrogen-bond acceptors (Lipinski definition) is 6. The van der Waals surface area contributed by atoms with Crippen LogP contribution < -0.4 is 0 Å². The molecule has 8 heteroatoms. The molecule has 4 aromatic rings. The second-order valence-electron chi connectivity index (χ2n) is 6.25. The van der Waals surface area contributed by atoms with E-state index in [1.807, 2.05) is 22.8 Å². The molecule has 0 aromatic carbocycles. The van der Waals surface area contributed by atoms with Crippen LogP contribution in [-0.2, 0) is 12.8 Å². The summed E-state index contributed by atoms with van der Waals surface area (Å²) in [6.07, 6.45) is 6.41. The summed E-state index contributed by atoms with van der Waals surface area (Å²) in [5.41, 5.74) is 3.48. The van der Waals surface area contributed by atoms with Crippen molar-refractivity contribution in [1.29, 1.82) is 0 Å². The third-order valence-electron chi connectivity index (χ3n) is 4.38. The first-order chi connectivity index (χ1) is 11.7. The highest BCUT2D eigenvalue weighted by molar-refractivity contribution is 7.99. The average molecular weight is 356 g/mol. The van der Waals surface area contributed by atoms with Crippen LogP contribution in [0.3, 0.4) is 0 Å². The molecule has 4 aromatic heterocycles. The number of thioether (sulfide) groups is 1. The molecule has 0 radical (unpaired) electrons. The molecule has 1 aliphatic rings. The van der Waals surface area contributed by atoms with Crippen LogP contribution in [0.25, 0.3) is 21.6 Å². The van der Waals surface area contributed by atoms with Gasteiger partial charge in [-0.05, 0) is 38.2 Å². The summed E-state index contributed by atoms with van der Waals surface area (Å²) in [4.78, 5) is 7.20. The Bertz CT molecular complexity index is 1100. The summed E-state index contributed by atoms with van der Waals surface area (Å²) >= 11 is 3.54. The Labute approximate surface area is 146 Å². The van der Waals surface area contributed by atoms with E-state index in [1.165, 1.54) is 33.5 Å². The zero-order valence-corrected chi connectivity index (χ0v) is 15.0. The Hall–Kier alpha value is -1.93. The molecule has 1 aliphatic carbocycles. The molecule has 122 valence electrons. The topological polar surface area (TPSA) is 60.4 Å². The number of fused-ring (bicyclic) bond motifs is 8. The minimum absolute atomic E-state index is 0.734. The van der Waals surface area contributed by atoms with Gasteiger partial charge in [-0.25, -0.2) is 9.38 Å². The Morgan fingerprint density at radius 2 is 2.21 bits per heavy atom. The van der Waals surface area contributed by atoms with Crippen LogP contribution in [-0.4, -0.2) is 34.9 Å². The van der Waals surface area contributed by atoms with Crippen molar-refractivity contribution in [3.63, 3.8) is 0 Å². The van der Waals surface area contributed by atoms with E-state index >= 15 is 0 Å². The fourth-order valence-electron chi connectivity index (χ4n) is 3.36. The van der Waals surface area contributed by atoms with Gasteiger partial charge in [0, 0.05) is 10.6 Å². The number of aromatic nitrogens is 6. The molecule has 0 saturated carbocycles. The number of nitrogens with zero attached hydrogens (tertiary/aromatic N) is 6. The monoisotopic (exact) mass is 356 g/mol. The number of rotatable bonds is 3. The third kappa shape index (κ3) is 1.96. The van der Waals surface area contributed by atoms with Gasteiger partial charge in [0.1, 0.15) is 11.2 Å². The van der Waals surface area contributed by atoms with Crippen molar-refractivity contribution in [3.05, 3.63) is 28.9 Å². The lowest BCUT2D eigenvalue weighted by molar-refractivity contribution is 0.700. The second-order valence-corrected chi connectivity index (χ2v) is 8.28. The summed E-state index contributed by atoms with van der Waals surface area (Å²) in [5.74, 6) is 1.57. The third-order valence-corrected chi connectivity index (χ3v) is 6.82. The molecule has 0 amide bonds. The SMILES string of the molecule is C=C(C)CSc1nnc2n3ncnc3c3c4c(sc3n12)CCCC4. The molecule has 0 N–H and O–H groups in total. The maximum absolute atomic E-state index is 4.52. The maximum Gasteiger partial charge on any atom is 0.260 e. The smallest absolute Gasteiger partial charge is 0.244 e. The molecule has 0 aliphatic heterocycles. The van der Waals surface area contributed by atoms with Crippen molar-refractivity contribution in [2.75, 3.05) is 5.75 Å². The highest BCUT2D eigenvalue weighted by Gasteiger charge is 2.24. The van der Waals surface area contributed by atoms with Gasteiger partial charge < -0.3 is 0 Å². The van der Waals surface area contributed by atoms with Crippen LogP contribution in [0.5, 0.6) is 0 Å². The van der Waals surface area contributed by atoms with Crippen molar-refractivity contribution in [3.8, 4) is 0 Å². The summed E-state index contributed by atoms with van der Waals surface area (Å²) < 4.78 is 3.97. The van der Waals surface area contributed by atoms with E-state index in [0.717, 1.165) is 40.7 Å². The van der Waals surface area contributed by atoms with Crippen LogP contribution in [0.4, 0.5) is 0 Å². The summed E-state index contributed by atoms with van der Waals surface area (Å²) in [6, 6.07) is 0. The van der Waals surface area contributed by atoms with Gasteiger partial charge in [0.05, 0.1) is 5.39 Å². The van der Waals surface area contributed by atoms with E-state index in [1.54, 1.807) is 18.1 Å².